The maximum absolute atomic E-state index is 10.9. The summed E-state index contributed by atoms with van der Waals surface area (Å²) in [5.74, 6) is 0.0845. The van der Waals surface area contributed by atoms with Crippen molar-refractivity contribution in [3.63, 3.8) is 0 Å². The molecule has 0 saturated heterocycles. The molecule has 3 heteroatoms. The highest BCUT2D eigenvalue weighted by atomic mass is 16.4. The molecule has 2 rings (SSSR count). The van der Waals surface area contributed by atoms with Crippen LogP contribution in [0.25, 0.3) is 0 Å². The van der Waals surface area contributed by atoms with Gasteiger partial charge in [-0.05, 0) is 31.1 Å². The zero-order valence-electron chi connectivity index (χ0n) is 7.78. The molecular weight excluding hydrogens is 166 g/mol. The van der Waals surface area contributed by atoms with Gasteiger partial charge in [-0.1, -0.05) is 12.8 Å². The SMILES string of the molecule is NC1CC(C(=O)O)C2CCCCC12. The third-order valence-corrected chi connectivity index (χ3v) is 3.78. The van der Waals surface area contributed by atoms with E-state index in [2.05, 4.69) is 0 Å². The van der Waals surface area contributed by atoms with Crippen molar-refractivity contribution in [1.82, 2.24) is 0 Å². The van der Waals surface area contributed by atoms with E-state index in [4.69, 9.17) is 10.8 Å². The van der Waals surface area contributed by atoms with E-state index in [1.54, 1.807) is 0 Å². The van der Waals surface area contributed by atoms with Gasteiger partial charge in [-0.2, -0.15) is 0 Å². The number of nitrogens with two attached hydrogens (primary N) is 1. The molecule has 2 aliphatic carbocycles. The number of carbonyl (C=O) groups is 1. The van der Waals surface area contributed by atoms with Crippen LogP contribution >= 0.6 is 0 Å². The standard InChI is InChI=1S/C10H17NO2/c11-9-5-8(10(12)13)6-3-1-2-4-7(6)9/h6-9H,1-5,11H2,(H,12,13). The smallest absolute Gasteiger partial charge is 0.306 e. The number of aliphatic carboxylic acids is 1. The summed E-state index contributed by atoms with van der Waals surface area (Å²) in [6.45, 7) is 0. The number of hydrogen-bond donors (Lipinski definition) is 2. The fourth-order valence-corrected chi connectivity index (χ4v) is 3.15. The van der Waals surface area contributed by atoms with Gasteiger partial charge < -0.3 is 10.8 Å². The quantitative estimate of drug-likeness (QED) is 0.642. The van der Waals surface area contributed by atoms with E-state index >= 15 is 0 Å². The molecule has 74 valence electrons. The number of hydrogen-bond acceptors (Lipinski definition) is 2. The van der Waals surface area contributed by atoms with Gasteiger partial charge in [0.05, 0.1) is 5.92 Å². The van der Waals surface area contributed by atoms with Gasteiger partial charge in [0.15, 0.2) is 0 Å². The molecular formula is C10H17NO2. The van der Waals surface area contributed by atoms with Crippen LogP contribution in [0, 0.1) is 17.8 Å². The molecule has 2 aliphatic rings. The fraction of sp³-hybridized carbons (Fsp3) is 0.900. The molecule has 0 aromatic rings. The lowest BCUT2D eigenvalue weighted by Crippen LogP contribution is -2.30. The molecule has 0 aliphatic heterocycles. The van der Waals surface area contributed by atoms with Crippen molar-refractivity contribution in [3.05, 3.63) is 0 Å². The van der Waals surface area contributed by atoms with Crippen molar-refractivity contribution < 1.29 is 9.90 Å². The minimum Gasteiger partial charge on any atom is -0.481 e. The first-order valence-corrected chi connectivity index (χ1v) is 5.18. The van der Waals surface area contributed by atoms with Crippen LogP contribution in [0.3, 0.4) is 0 Å². The molecule has 0 aromatic carbocycles. The predicted molar refractivity (Wildman–Crippen MR) is 49.2 cm³/mol. The third kappa shape index (κ3) is 1.46. The number of carboxylic acids is 1. The van der Waals surface area contributed by atoms with E-state index in [-0.39, 0.29) is 12.0 Å². The minimum absolute atomic E-state index is 0.145. The molecule has 3 N–H and O–H groups in total. The van der Waals surface area contributed by atoms with E-state index in [0.29, 0.717) is 18.3 Å². The second kappa shape index (κ2) is 3.29. The summed E-state index contributed by atoms with van der Waals surface area (Å²) >= 11 is 0. The first kappa shape index (κ1) is 9.00. The highest BCUT2D eigenvalue weighted by Crippen LogP contribution is 2.45. The molecule has 0 heterocycles. The van der Waals surface area contributed by atoms with Gasteiger partial charge in [0.2, 0.25) is 0 Å². The van der Waals surface area contributed by atoms with Crippen LogP contribution in [0.4, 0.5) is 0 Å². The van der Waals surface area contributed by atoms with E-state index in [1.807, 2.05) is 0 Å². The molecule has 13 heavy (non-hydrogen) atoms. The maximum Gasteiger partial charge on any atom is 0.306 e. The van der Waals surface area contributed by atoms with Gasteiger partial charge >= 0.3 is 5.97 Å². The molecule has 3 nitrogen and oxygen atoms in total. The van der Waals surface area contributed by atoms with Crippen molar-refractivity contribution >= 4 is 5.97 Å². The number of carboxylic acid groups (broad SMARTS) is 1. The van der Waals surface area contributed by atoms with E-state index in [9.17, 15) is 4.79 Å². The topological polar surface area (TPSA) is 63.3 Å². The number of fused-ring (bicyclic) bond motifs is 1. The molecule has 4 unspecified atom stereocenters. The van der Waals surface area contributed by atoms with Crippen molar-refractivity contribution in [2.24, 2.45) is 23.5 Å². The summed E-state index contributed by atoms with van der Waals surface area (Å²) in [5.41, 5.74) is 5.95. The van der Waals surface area contributed by atoms with Crippen LogP contribution < -0.4 is 5.73 Å². The van der Waals surface area contributed by atoms with Crippen LogP contribution in [0.15, 0.2) is 0 Å². The highest BCUT2D eigenvalue weighted by molar-refractivity contribution is 5.71. The average molecular weight is 183 g/mol. The Morgan fingerprint density at radius 1 is 1.23 bits per heavy atom. The van der Waals surface area contributed by atoms with Crippen molar-refractivity contribution in [2.45, 2.75) is 38.1 Å². The Labute approximate surface area is 78.3 Å². The molecule has 0 amide bonds. The van der Waals surface area contributed by atoms with E-state index in [1.165, 1.54) is 12.8 Å². The molecule has 0 spiro atoms. The van der Waals surface area contributed by atoms with Crippen LogP contribution in [0.1, 0.15) is 32.1 Å². The molecule has 0 bridgehead atoms. The Kier molecular flexibility index (Phi) is 2.28. The molecule has 4 atom stereocenters. The van der Waals surface area contributed by atoms with E-state index in [0.717, 1.165) is 12.8 Å². The molecule has 2 fully saturated rings. The van der Waals surface area contributed by atoms with Gasteiger partial charge in [-0.25, -0.2) is 0 Å². The van der Waals surface area contributed by atoms with Gasteiger partial charge in [-0.3, -0.25) is 4.79 Å². The molecule has 2 saturated carbocycles. The predicted octanol–water partition coefficient (Wildman–Crippen LogP) is 1.22. The Morgan fingerprint density at radius 3 is 2.46 bits per heavy atom. The lowest BCUT2D eigenvalue weighted by Gasteiger charge is -2.28. The van der Waals surface area contributed by atoms with Crippen LogP contribution in [0.2, 0.25) is 0 Å². The zero-order valence-corrected chi connectivity index (χ0v) is 7.78. The Balaban J connectivity index is 2.12. The van der Waals surface area contributed by atoms with Gasteiger partial charge in [0, 0.05) is 6.04 Å². The lowest BCUT2D eigenvalue weighted by atomic mass is 9.77. The zero-order chi connectivity index (χ0) is 9.42. The Bertz CT molecular complexity index is 217. The van der Waals surface area contributed by atoms with Gasteiger partial charge in [-0.15, -0.1) is 0 Å². The maximum atomic E-state index is 10.9. The largest absolute Gasteiger partial charge is 0.481 e. The number of rotatable bonds is 1. The van der Waals surface area contributed by atoms with Crippen LogP contribution in [-0.2, 0) is 4.79 Å². The Hall–Kier alpha value is -0.570. The second-order valence-electron chi connectivity index (χ2n) is 4.46. The van der Waals surface area contributed by atoms with Gasteiger partial charge in [0.1, 0.15) is 0 Å². The monoisotopic (exact) mass is 183 g/mol. The van der Waals surface area contributed by atoms with Crippen molar-refractivity contribution in [3.8, 4) is 0 Å². The second-order valence-corrected chi connectivity index (χ2v) is 4.46. The fourth-order valence-electron chi connectivity index (χ4n) is 3.15. The third-order valence-electron chi connectivity index (χ3n) is 3.78. The van der Waals surface area contributed by atoms with Crippen molar-refractivity contribution in [1.29, 1.82) is 0 Å². The van der Waals surface area contributed by atoms with Crippen LogP contribution in [0.5, 0.6) is 0 Å². The summed E-state index contributed by atoms with van der Waals surface area (Å²) < 4.78 is 0. The first-order chi connectivity index (χ1) is 6.20. The molecule has 0 aromatic heterocycles. The summed E-state index contributed by atoms with van der Waals surface area (Å²) in [7, 11) is 0. The molecule has 0 radical (unpaired) electrons. The van der Waals surface area contributed by atoms with Gasteiger partial charge in [0.25, 0.3) is 0 Å². The summed E-state index contributed by atoms with van der Waals surface area (Å²) in [5, 5.41) is 9.01. The summed E-state index contributed by atoms with van der Waals surface area (Å²) in [6.07, 6.45) is 5.36. The highest BCUT2D eigenvalue weighted by Gasteiger charge is 2.45. The average Bonchev–Trinajstić information content (AvgIpc) is 2.45. The summed E-state index contributed by atoms with van der Waals surface area (Å²) in [4.78, 5) is 10.9. The van der Waals surface area contributed by atoms with Crippen LogP contribution in [-0.4, -0.2) is 17.1 Å². The summed E-state index contributed by atoms with van der Waals surface area (Å²) in [6, 6.07) is 0.145. The van der Waals surface area contributed by atoms with Crippen molar-refractivity contribution in [2.75, 3.05) is 0 Å². The van der Waals surface area contributed by atoms with E-state index < -0.39 is 5.97 Å². The normalized spacial score (nSPS) is 44.4. The lowest BCUT2D eigenvalue weighted by molar-refractivity contribution is -0.143. The minimum atomic E-state index is -0.634. The Morgan fingerprint density at radius 2 is 1.85 bits per heavy atom. The first-order valence-electron chi connectivity index (χ1n) is 5.18.